The van der Waals surface area contributed by atoms with Gasteiger partial charge in [-0.15, -0.1) is 0 Å². The summed E-state index contributed by atoms with van der Waals surface area (Å²) < 4.78 is 2.19. The van der Waals surface area contributed by atoms with E-state index in [1.54, 1.807) is 6.20 Å². The van der Waals surface area contributed by atoms with Crippen LogP contribution < -0.4 is 0 Å². The van der Waals surface area contributed by atoms with Crippen molar-refractivity contribution in [2.45, 2.75) is 57.0 Å². The van der Waals surface area contributed by atoms with Crippen LogP contribution in [0.15, 0.2) is 18.6 Å². The van der Waals surface area contributed by atoms with Crippen LogP contribution in [0.1, 0.15) is 61.3 Å². The Morgan fingerprint density at radius 2 is 1.97 bits per heavy atom. The van der Waals surface area contributed by atoms with E-state index in [0.717, 1.165) is 43.1 Å². The SMILES string of the molecule is O=C(c1cnc2c(c1)ncn2C1CCCC1)N1CCN(CC2CC2)C(CCO)C1. The topological polar surface area (TPSA) is 74.5 Å². The number of fused-ring (bicyclic) bond motifs is 1. The van der Waals surface area contributed by atoms with Gasteiger partial charge in [-0.05, 0) is 44.1 Å². The molecule has 1 atom stereocenters. The van der Waals surface area contributed by atoms with Crippen LogP contribution in [0.3, 0.4) is 0 Å². The maximum atomic E-state index is 13.2. The van der Waals surface area contributed by atoms with Gasteiger partial charge in [0.15, 0.2) is 5.65 Å². The van der Waals surface area contributed by atoms with Gasteiger partial charge >= 0.3 is 0 Å². The first-order valence-electron chi connectivity index (χ1n) is 11.2. The van der Waals surface area contributed by atoms with Gasteiger partial charge in [0.05, 0.1) is 11.9 Å². The number of nitrogens with zero attached hydrogens (tertiary/aromatic N) is 5. The van der Waals surface area contributed by atoms with Gasteiger partial charge in [-0.3, -0.25) is 9.69 Å². The zero-order valence-corrected chi connectivity index (χ0v) is 17.0. The molecule has 0 radical (unpaired) electrons. The molecule has 1 amide bonds. The van der Waals surface area contributed by atoms with E-state index in [2.05, 4.69) is 19.4 Å². The van der Waals surface area contributed by atoms with E-state index in [1.165, 1.54) is 38.5 Å². The predicted molar refractivity (Wildman–Crippen MR) is 111 cm³/mol. The van der Waals surface area contributed by atoms with Crippen molar-refractivity contribution in [3.05, 3.63) is 24.2 Å². The standard InChI is InChI=1S/C22H31N5O2/c28-10-7-19-14-26(9-8-25(19)13-16-5-6-16)22(29)17-11-20-21(23-12-17)27(15-24-20)18-3-1-2-4-18/h11-12,15-16,18-19,28H,1-10,13-14H2. The third-order valence-corrected chi connectivity index (χ3v) is 6.92. The summed E-state index contributed by atoms with van der Waals surface area (Å²) in [6, 6.07) is 2.64. The number of aliphatic hydroxyl groups excluding tert-OH is 1. The molecule has 1 saturated heterocycles. The van der Waals surface area contributed by atoms with Gasteiger partial charge in [0.25, 0.3) is 5.91 Å². The molecule has 0 bridgehead atoms. The molecule has 7 heteroatoms. The zero-order valence-electron chi connectivity index (χ0n) is 17.0. The summed E-state index contributed by atoms with van der Waals surface area (Å²) in [4.78, 5) is 26.7. The van der Waals surface area contributed by atoms with Gasteiger partial charge in [0, 0.05) is 51.1 Å². The number of aromatic nitrogens is 3. The molecule has 1 unspecified atom stereocenters. The highest BCUT2D eigenvalue weighted by molar-refractivity contribution is 5.96. The third-order valence-electron chi connectivity index (χ3n) is 6.92. The lowest BCUT2D eigenvalue weighted by molar-refractivity contribution is 0.0407. The van der Waals surface area contributed by atoms with E-state index in [-0.39, 0.29) is 18.6 Å². The van der Waals surface area contributed by atoms with Gasteiger partial charge in [-0.1, -0.05) is 12.8 Å². The molecule has 2 aromatic rings. The van der Waals surface area contributed by atoms with Gasteiger partial charge in [0.2, 0.25) is 0 Å². The van der Waals surface area contributed by atoms with E-state index >= 15 is 0 Å². The van der Waals surface area contributed by atoms with Gasteiger partial charge in [-0.2, -0.15) is 0 Å². The van der Waals surface area contributed by atoms with Crippen LogP contribution in [0, 0.1) is 5.92 Å². The molecule has 1 aliphatic heterocycles. The number of hydrogen-bond acceptors (Lipinski definition) is 5. The Morgan fingerprint density at radius 3 is 2.72 bits per heavy atom. The number of amides is 1. The molecular weight excluding hydrogens is 366 g/mol. The second kappa shape index (κ2) is 8.03. The lowest BCUT2D eigenvalue weighted by Gasteiger charge is -2.41. The highest BCUT2D eigenvalue weighted by atomic mass is 16.3. The fourth-order valence-electron chi connectivity index (χ4n) is 5.04. The maximum Gasteiger partial charge on any atom is 0.255 e. The number of aliphatic hydroxyl groups is 1. The Bertz CT molecular complexity index is 871. The Balaban J connectivity index is 1.31. The van der Waals surface area contributed by atoms with Gasteiger partial charge in [-0.25, -0.2) is 9.97 Å². The Labute approximate surface area is 171 Å². The minimum absolute atomic E-state index is 0.0313. The van der Waals surface area contributed by atoms with Crippen molar-refractivity contribution in [1.82, 2.24) is 24.3 Å². The van der Waals surface area contributed by atoms with Crippen molar-refractivity contribution in [2.24, 2.45) is 5.92 Å². The number of carbonyl (C=O) groups excluding carboxylic acids is 1. The average molecular weight is 398 g/mol. The molecule has 156 valence electrons. The van der Waals surface area contributed by atoms with E-state index in [9.17, 15) is 9.90 Å². The number of pyridine rings is 1. The quantitative estimate of drug-likeness (QED) is 0.811. The minimum atomic E-state index is 0.0313. The molecule has 3 aliphatic rings. The molecule has 2 aliphatic carbocycles. The third kappa shape index (κ3) is 3.90. The monoisotopic (exact) mass is 397 g/mol. The number of hydrogen-bond donors (Lipinski definition) is 1. The first-order valence-corrected chi connectivity index (χ1v) is 11.2. The smallest absolute Gasteiger partial charge is 0.255 e. The van der Waals surface area contributed by atoms with Crippen molar-refractivity contribution in [3.8, 4) is 0 Å². The normalized spacial score (nSPS) is 23.9. The molecule has 2 aromatic heterocycles. The van der Waals surface area contributed by atoms with Crippen molar-refractivity contribution >= 4 is 17.1 Å². The Morgan fingerprint density at radius 1 is 1.14 bits per heavy atom. The molecule has 5 rings (SSSR count). The van der Waals surface area contributed by atoms with E-state index in [4.69, 9.17) is 0 Å². The average Bonchev–Trinajstić information content (AvgIpc) is 3.22. The highest BCUT2D eigenvalue weighted by Crippen LogP contribution is 2.32. The van der Waals surface area contributed by atoms with Crippen LogP contribution in [-0.2, 0) is 0 Å². The second-order valence-electron chi connectivity index (χ2n) is 9.01. The fraction of sp³-hybridized carbons (Fsp3) is 0.682. The number of carbonyl (C=O) groups is 1. The molecule has 29 heavy (non-hydrogen) atoms. The highest BCUT2D eigenvalue weighted by Gasteiger charge is 2.33. The fourth-order valence-corrected chi connectivity index (χ4v) is 5.04. The van der Waals surface area contributed by atoms with Crippen LogP contribution in [0.4, 0.5) is 0 Å². The number of piperazine rings is 1. The molecular formula is C22H31N5O2. The molecule has 3 heterocycles. The van der Waals surface area contributed by atoms with Crippen molar-refractivity contribution in [2.75, 3.05) is 32.8 Å². The van der Waals surface area contributed by atoms with Crippen LogP contribution in [-0.4, -0.2) is 74.2 Å². The van der Waals surface area contributed by atoms with Gasteiger partial charge in [0.1, 0.15) is 5.52 Å². The summed E-state index contributed by atoms with van der Waals surface area (Å²) >= 11 is 0. The Kier molecular flexibility index (Phi) is 5.26. The first kappa shape index (κ1) is 19.0. The zero-order chi connectivity index (χ0) is 19.8. The number of imidazole rings is 1. The number of rotatable bonds is 6. The summed E-state index contributed by atoms with van der Waals surface area (Å²) in [5, 5.41) is 9.49. The molecule has 0 spiro atoms. The van der Waals surface area contributed by atoms with Crippen LogP contribution in [0.5, 0.6) is 0 Å². The van der Waals surface area contributed by atoms with Crippen LogP contribution >= 0.6 is 0 Å². The predicted octanol–water partition coefficient (Wildman–Crippen LogP) is 2.47. The first-order chi connectivity index (χ1) is 14.2. The largest absolute Gasteiger partial charge is 0.396 e. The van der Waals surface area contributed by atoms with Gasteiger partial charge < -0.3 is 14.6 Å². The summed E-state index contributed by atoms with van der Waals surface area (Å²) in [5.74, 6) is 0.851. The van der Waals surface area contributed by atoms with Crippen molar-refractivity contribution in [1.29, 1.82) is 0 Å². The summed E-state index contributed by atoms with van der Waals surface area (Å²) in [6.45, 7) is 3.58. The van der Waals surface area contributed by atoms with Crippen LogP contribution in [0.25, 0.3) is 11.2 Å². The van der Waals surface area contributed by atoms with E-state index in [0.29, 0.717) is 18.2 Å². The molecule has 3 fully saturated rings. The van der Waals surface area contributed by atoms with E-state index in [1.807, 2.05) is 17.3 Å². The molecule has 1 N–H and O–H groups in total. The van der Waals surface area contributed by atoms with Crippen molar-refractivity contribution < 1.29 is 9.90 Å². The molecule has 7 nitrogen and oxygen atoms in total. The van der Waals surface area contributed by atoms with E-state index < -0.39 is 0 Å². The molecule has 0 aromatic carbocycles. The summed E-state index contributed by atoms with van der Waals surface area (Å²) in [7, 11) is 0. The second-order valence-corrected chi connectivity index (χ2v) is 9.01. The van der Waals surface area contributed by atoms with Crippen molar-refractivity contribution in [3.63, 3.8) is 0 Å². The lowest BCUT2D eigenvalue weighted by Crippen LogP contribution is -2.55. The minimum Gasteiger partial charge on any atom is -0.396 e. The Hall–Kier alpha value is -1.99. The lowest BCUT2D eigenvalue weighted by atomic mass is 10.1. The maximum absolute atomic E-state index is 13.2. The summed E-state index contributed by atoms with van der Waals surface area (Å²) in [5.41, 5.74) is 2.32. The van der Waals surface area contributed by atoms with Crippen LogP contribution in [0.2, 0.25) is 0 Å². The molecule has 2 saturated carbocycles. The summed E-state index contributed by atoms with van der Waals surface area (Å²) in [6.07, 6.45) is 11.9.